The zero-order valence-electron chi connectivity index (χ0n) is 10.9. The Morgan fingerprint density at radius 2 is 2.15 bits per heavy atom. The number of rotatable bonds is 3. The van der Waals surface area contributed by atoms with E-state index in [-0.39, 0.29) is 11.6 Å². The van der Waals surface area contributed by atoms with Crippen molar-refractivity contribution in [3.05, 3.63) is 41.6 Å². The third kappa shape index (κ3) is 1.99. The molecule has 1 aromatic heterocycles. The van der Waals surface area contributed by atoms with E-state index in [0.29, 0.717) is 12.1 Å². The SMILES string of the molecule is NCc1cn[nH]c1S(=O)(=O)N1CCCc2ccccc21. The first-order chi connectivity index (χ1) is 9.64. The van der Waals surface area contributed by atoms with E-state index in [1.54, 1.807) is 0 Å². The van der Waals surface area contributed by atoms with Gasteiger partial charge in [-0.3, -0.25) is 9.40 Å². The molecule has 1 aromatic carbocycles. The van der Waals surface area contributed by atoms with Crippen LogP contribution in [0.25, 0.3) is 0 Å². The molecule has 3 N–H and O–H groups in total. The summed E-state index contributed by atoms with van der Waals surface area (Å²) >= 11 is 0. The summed E-state index contributed by atoms with van der Waals surface area (Å²) in [6, 6.07) is 7.58. The van der Waals surface area contributed by atoms with Crippen molar-refractivity contribution in [2.75, 3.05) is 10.8 Å². The monoisotopic (exact) mass is 292 g/mol. The van der Waals surface area contributed by atoms with Gasteiger partial charge in [-0.05, 0) is 24.5 Å². The second-order valence-corrected chi connectivity index (χ2v) is 6.54. The van der Waals surface area contributed by atoms with Gasteiger partial charge >= 0.3 is 0 Å². The Balaban J connectivity index is 2.10. The first-order valence-electron chi connectivity index (χ1n) is 6.47. The molecule has 0 fully saturated rings. The Labute approximate surface area is 117 Å². The van der Waals surface area contributed by atoms with Crippen LogP contribution in [0.3, 0.4) is 0 Å². The maximum Gasteiger partial charge on any atom is 0.281 e. The largest absolute Gasteiger partial charge is 0.326 e. The van der Waals surface area contributed by atoms with Gasteiger partial charge in [-0.2, -0.15) is 13.5 Å². The normalized spacial score (nSPS) is 15.2. The van der Waals surface area contributed by atoms with Crippen molar-refractivity contribution in [3.8, 4) is 0 Å². The smallest absolute Gasteiger partial charge is 0.281 e. The van der Waals surface area contributed by atoms with E-state index in [4.69, 9.17) is 5.73 Å². The molecular formula is C13H16N4O2S. The molecule has 0 unspecified atom stereocenters. The fourth-order valence-corrected chi connectivity index (χ4v) is 4.19. The highest BCUT2D eigenvalue weighted by atomic mass is 32.2. The van der Waals surface area contributed by atoms with Gasteiger partial charge in [-0.15, -0.1) is 0 Å². The Hall–Kier alpha value is -1.86. The van der Waals surface area contributed by atoms with E-state index in [2.05, 4.69) is 10.2 Å². The summed E-state index contributed by atoms with van der Waals surface area (Å²) in [5.41, 5.74) is 7.88. The number of aromatic nitrogens is 2. The van der Waals surface area contributed by atoms with Gasteiger partial charge in [0.15, 0.2) is 5.03 Å². The number of nitrogens with zero attached hydrogens (tertiary/aromatic N) is 2. The first kappa shape index (κ1) is 13.1. The number of nitrogens with two attached hydrogens (primary N) is 1. The fourth-order valence-electron chi connectivity index (χ4n) is 2.53. The van der Waals surface area contributed by atoms with Crippen LogP contribution in [-0.2, 0) is 23.0 Å². The van der Waals surface area contributed by atoms with Crippen molar-refractivity contribution in [1.29, 1.82) is 0 Å². The van der Waals surface area contributed by atoms with Crippen LogP contribution >= 0.6 is 0 Å². The summed E-state index contributed by atoms with van der Waals surface area (Å²) in [4.78, 5) is 0. The molecule has 0 atom stereocenters. The molecule has 7 heteroatoms. The molecule has 0 amide bonds. The summed E-state index contributed by atoms with van der Waals surface area (Å²) in [5, 5.41) is 6.46. The lowest BCUT2D eigenvalue weighted by Crippen LogP contribution is -2.36. The third-order valence-electron chi connectivity index (χ3n) is 3.51. The zero-order chi connectivity index (χ0) is 14.2. The Bertz CT molecular complexity index is 723. The van der Waals surface area contributed by atoms with Crippen LogP contribution in [0.1, 0.15) is 17.5 Å². The number of hydrogen-bond donors (Lipinski definition) is 2. The maximum atomic E-state index is 12.8. The number of aromatic amines is 1. The van der Waals surface area contributed by atoms with Gasteiger partial charge in [0.2, 0.25) is 0 Å². The molecule has 3 rings (SSSR count). The van der Waals surface area contributed by atoms with Crippen LogP contribution < -0.4 is 10.0 Å². The number of anilines is 1. The minimum Gasteiger partial charge on any atom is -0.326 e. The number of para-hydroxylation sites is 1. The number of benzene rings is 1. The van der Waals surface area contributed by atoms with Crippen molar-refractivity contribution in [2.24, 2.45) is 5.73 Å². The minimum absolute atomic E-state index is 0.0942. The summed E-state index contributed by atoms with van der Waals surface area (Å²) in [7, 11) is -3.64. The Morgan fingerprint density at radius 1 is 1.35 bits per heavy atom. The molecule has 2 heterocycles. The van der Waals surface area contributed by atoms with E-state index < -0.39 is 10.0 Å². The lowest BCUT2D eigenvalue weighted by Gasteiger charge is -2.30. The topological polar surface area (TPSA) is 92.1 Å². The first-order valence-corrected chi connectivity index (χ1v) is 7.91. The summed E-state index contributed by atoms with van der Waals surface area (Å²) < 4.78 is 27.0. The van der Waals surface area contributed by atoms with Crippen molar-refractivity contribution >= 4 is 15.7 Å². The van der Waals surface area contributed by atoms with E-state index in [1.807, 2.05) is 24.3 Å². The number of aryl methyl sites for hydroxylation is 1. The van der Waals surface area contributed by atoms with Gasteiger partial charge in [-0.1, -0.05) is 18.2 Å². The van der Waals surface area contributed by atoms with E-state index >= 15 is 0 Å². The van der Waals surface area contributed by atoms with Crippen molar-refractivity contribution in [1.82, 2.24) is 10.2 Å². The van der Waals surface area contributed by atoms with Crippen LogP contribution in [-0.4, -0.2) is 25.2 Å². The Kier molecular flexibility index (Phi) is 3.23. The van der Waals surface area contributed by atoms with Crippen LogP contribution in [0, 0.1) is 0 Å². The highest BCUT2D eigenvalue weighted by Gasteiger charge is 2.31. The second-order valence-electron chi connectivity index (χ2n) is 4.74. The van der Waals surface area contributed by atoms with Gasteiger partial charge < -0.3 is 5.73 Å². The molecule has 2 aromatic rings. The second kappa shape index (κ2) is 4.92. The minimum atomic E-state index is -3.64. The summed E-state index contributed by atoms with van der Waals surface area (Å²) in [5.74, 6) is 0. The molecule has 0 radical (unpaired) electrons. The average Bonchev–Trinajstić information content (AvgIpc) is 2.96. The molecule has 106 valence electrons. The fraction of sp³-hybridized carbons (Fsp3) is 0.308. The number of H-pyrrole nitrogens is 1. The van der Waals surface area contributed by atoms with Crippen molar-refractivity contribution in [3.63, 3.8) is 0 Å². The quantitative estimate of drug-likeness (QED) is 0.883. The molecule has 0 saturated heterocycles. The molecule has 0 spiro atoms. The van der Waals surface area contributed by atoms with Gasteiger partial charge in [0.1, 0.15) is 0 Å². The van der Waals surface area contributed by atoms with Gasteiger partial charge in [-0.25, -0.2) is 0 Å². The summed E-state index contributed by atoms with van der Waals surface area (Å²) in [6.07, 6.45) is 3.17. The van der Waals surface area contributed by atoms with Crippen LogP contribution in [0.4, 0.5) is 5.69 Å². The highest BCUT2D eigenvalue weighted by molar-refractivity contribution is 7.92. The molecule has 0 aliphatic carbocycles. The molecule has 6 nitrogen and oxygen atoms in total. The molecule has 0 saturated carbocycles. The number of nitrogens with one attached hydrogen (secondary N) is 1. The van der Waals surface area contributed by atoms with Gasteiger partial charge in [0.25, 0.3) is 10.0 Å². The van der Waals surface area contributed by atoms with Crippen LogP contribution in [0.2, 0.25) is 0 Å². The van der Waals surface area contributed by atoms with Gasteiger partial charge in [0.05, 0.1) is 11.9 Å². The van der Waals surface area contributed by atoms with E-state index in [0.717, 1.165) is 24.1 Å². The van der Waals surface area contributed by atoms with Crippen molar-refractivity contribution < 1.29 is 8.42 Å². The standard InChI is InChI=1S/C13H16N4O2S/c14-8-11-9-15-16-13(11)20(18,19)17-7-3-5-10-4-1-2-6-12(10)17/h1-2,4,6,9H,3,5,7-8,14H2,(H,15,16). The predicted octanol–water partition coefficient (Wildman–Crippen LogP) is 1.01. The number of fused-ring (bicyclic) bond motifs is 1. The zero-order valence-corrected chi connectivity index (χ0v) is 11.7. The van der Waals surface area contributed by atoms with E-state index in [9.17, 15) is 8.42 Å². The maximum absolute atomic E-state index is 12.8. The third-order valence-corrected chi connectivity index (χ3v) is 5.34. The van der Waals surface area contributed by atoms with Crippen LogP contribution in [0.15, 0.2) is 35.5 Å². The molecule has 1 aliphatic heterocycles. The number of sulfonamides is 1. The molecular weight excluding hydrogens is 276 g/mol. The molecule has 20 heavy (non-hydrogen) atoms. The molecule has 0 bridgehead atoms. The lowest BCUT2D eigenvalue weighted by atomic mass is 10.0. The summed E-state index contributed by atoms with van der Waals surface area (Å²) in [6.45, 7) is 0.614. The highest BCUT2D eigenvalue weighted by Crippen LogP contribution is 2.31. The predicted molar refractivity (Wildman–Crippen MR) is 75.8 cm³/mol. The van der Waals surface area contributed by atoms with Crippen molar-refractivity contribution in [2.45, 2.75) is 24.4 Å². The van der Waals surface area contributed by atoms with E-state index in [1.165, 1.54) is 10.5 Å². The Morgan fingerprint density at radius 3 is 2.95 bits per heavy atom. The lowest BCUT2D eigenvalue weighted by molar-refractivity contribution is 0.581. The van der Waals surface area contributed by atoms with Gasteiger partial charge in [0, 0.05) is 18.7 Å². The molecule has 1 aliphatic rings. The number of hydrogen-bond acceptors (Lipinski definition) is 4. The van der Waals surface area contributed by atoms with Crippen LogP contribution in [0.5, 0.6) is 0 Å². The average molecular weight is 292 g/mol.